The predicted octanol–water partition coefficient (Wildman–Crippen LogP) is 3.51. The maximum Gasteiger partial charge on any atom is 0.254 e. The molecule has 0 N–H and O–H groups in total. The van der Waals surface area contributed by atoms with E-state index in [1.165, 1.54) is 5.56 Å². The topological polar surface area (TPSA) is 38.8 Å². The molecule has 0 fully saturated rings. The maximum absolute atomic E-state index is 12.7. The van der Waals surface area contributed by atoms with Crippen molar-refractivity contribution >= 4 is 28.5 Å². The molecule has 1 aliphatic heterocycles. The van der Waals surface area contributed by atoms with E-state index in [0.29, 0.717) is 18.8 Å². The number of rotatable bonds is 3. The molecule has 1 aliphatic rings. The summed E-state index contributed by atoms with van der Waals surface area (Å²) in [4.78, 5) is 14.6. The lowest BCUT2D eigenvalue weighted by Gasteiger charge is -2.29. The molecule has 0 aromatic heterocycles. The molecular formula is C18H18INO3. The van der Waals surface area contributed by atoms with Crippen LogP contribution in [0.25, 0.3) is 0 Å². The van der Waals surface area contributed by atoms with Crippen LogP contribution in [0.1, 0.15) is 21.5 Å². The van der Waals surface area contributed by atoms with E-state index in [0.717, 1.165) is 26.9 Å². The molecular weight excluding hydrogens is 405 g/mol. The van der Waals surface area contributed by atoms with Crippen LogP contribution in [-0.2, 0) is 13.0 Å². The van der Waals surface area contributed by atoms with Crippen LogP contribution in [-0.4, -0.2) is 31.6 Å². The minimum Gasteiger partial charge on any atom is -0.493 e. The first-order valence-corrected chi connectivity index (χ1v) is 8.49. The van der Waals surface area contributed by atoms with Gasteiger partial charge in [0.15, 0.2) is 11.5 Å². The Balaban J connectivity index is 1.84. The largest absolute Gasteiger partial charge is 0.493 e. The van der Waals surface area contributed by atoms with Crippen LogP contribution in [0, 0.1) is 3.57 Å². The van der Waals surface area contributed by atoms with E-state index in [2.05, 4.69) is 22.6 Å². The number of fused-ring (bicyclic) bond motifs is 1. The Hall–Kier alpha value is -1.76. The maximum atomic E-state index is 12.7. The second kappa shape index (κ2) is 6.78. The zero-order valence-electron chi connectivity index (χ0n) is 13.1. The van der Waals surface area contributed by atoms with Crippen molar-refractivity contribution in [1.82, 2.24) is 4.90 Å². The van der Waals surface area contributed by atoms with Gasteiger partial charge in [-0.05, 0) is 76.5 Å². The summed E-state index contributed by atoms with van der Waals surface area (Å²) in [5, 5.41) is 0. The molecule has 0 spiro atoms. The minimum absolute atomic E-state index is 0.0711. The lowest BCUT2D eigenvalue weighted by Crippen LogP contribution is -2.36. The number of carbonyl (C=O) groups excluding carboxylic acids is 1. The first-order valence-electron chi connectivity index (χ1n) is 7.41. The Bertz CT molecular complexity index is 728. The molecule has 23 heavy (non-hydrogen) atoms. The van der Waals surface area contributed by atoms with Crippen LogP contribution in [0.4, 0.5) is 0 Å². The van der Waals surface area contributed by atoms with Crippen LogP contribution in [0.2, 0.25) is 0 Å². The number of carbonyl (C=O) groups is 1. The lowest BCUT2D eigenvalue weighted by atomic mass is 9.98. The van der Waals surface area contributed by atoms with Crippen LogP contribution in [0.3, 0.4) is 0 Å². The number of ether oxygens (including phenoxy) is 2. The zero-order chi connectivity index (χ0) is 16.4. The first-order chi connectivity index (χ1) is 11.1. The van der Waals surface area contributed by atoms with Crippen LogP contribution >= 0.6 is 22.6 Å². The van der Waals surface area contributed by atoms with Crippen molar-refractivity contribution in [3.8, 4) is 11.5 Å². The average Bonchev–Trinajstić information content (AvgIpc) is 2.60. The van der Waals surface area contributed by atoms with Crippen molar-refractivity contribution < 1.29 is 14.3 Å². The third-order valence-electron chi connectivity index (χ3n) is 4.10. The van der Waals surface area contributed by atoms with Gasteiger partial charge in [0.1, 0.15) is 0 Å². The van der Waals surface area contributed by atoms with E-state index in [1.54, 1.807) is 14.2 Å². The quantitative estimate of drug-likeness (QED) is 0.710. The van der Waals surface area contributed by atoms with Crippen LogP contribution in [0.5, 0.6) is 11.5 Å². The standard InChI is InChI=1S/C18H18INO3/c1-22-16-9-13-7-8-20(11-14(13)10-17(16)23-2)18(21)12-3-5-15(19)6-4-12/h3-6,9-10H,7-8,11H2,1-2H3. The summed E-state index contributed by atoms with van der Waals surface area (Å²) < 4.78 is 11.8. The van der Waals surface area contributed by atoms with E-state index in [9.17, 15) is 4.79 Å². The van der Waals surface area contributed by atoms with Crippen LogP contribution < -0.4 is 9.47 Å². The Morgan fingerprint density at radius 2 is 1.65 bits per heavy atom. The van der Waals surface area contributed by atoms with Gasteiger partial charge in [-0.15, -0.1) is 0 Å². The van der Waals surface area contributed by atoms with Crippen molar-refractivity contribution in [3.63, 3.8) is 0 Å². The van der Waals surface area contributed by atoms with Crippen molar-refractivity contribution in [2.75, 3.05) is 20.8 Å². The van der Waals surface area contributed by atoms with Gasteiger partial charge in [-0.2, -0.15) is 0 Å². The predicted molar refractivity (Wildman–Crippen MR) is 97.1 cm³/mol. The molecule has 1 amide bonds. The van der Waals surface area contributed by atoms with Gasteiger partial charge < -0.3 is 14.4 Å². The highest BCUT2D eigenvalue weighted by molar-refractivity contribution is 14.1. The number of hydrogen-bond acceptors (Lipinski definition) is 3. The Morgan fingerprint density at radius 1 is 1.04 bits per heavy atom. The number of amides is 1. The molecule has 2 aromatic rings. The lowest BCUT2D eigenvalue weighted by molar-refractivity contribution is 0.0734. The van der Waals surface area contributed by atoms with Crippen molar-refractivity contribution in [1.29, 1.82) is 0 Å². The zero-order valence-corrected chi connectivity index (χ0v) is 15.3. The fourth-order valence-electron chi connectivity index (χ4n) is 2.83. The van der Waals surface area contributed by atoms with Gasteiger partial charge in [-0.25, -0.2) is 0 Å². The number of hydrogen-bond donors (Lipinski definition) is 0. The molecule has 3 rings (SSSR count). The number of methoxy groups -OCH3 is 2. The highest BCUT2D eigenvalue weighted by Gasteiger charge is 2.23. The number of nitrogens with zero attached hydrogens (tertiary/aromatic N) is 1. The summed E-state index contributed by atoms with van der Waals surface area (Å²) in [7, 11) is 3.27. The average molecular weight is 423 g/mol. The van der Waals surface area contributed by atoms with Gasteiger partial charge >= 0.3 is 0 Å². The van der Waals surface area contributed by atoms with Gasteiger partial charge in [0.2, 0.25) is 0 Å². The van der Waals surface area contributed by atoms with Gasteiger partial charge in [-0.3, -0.25) is 4.79 Å². The van der Waals surface area contributed by atoms with E-state index >= 15 is 0 Å². The fourth-order valence-corrected chi connectivity index (χ4v) is 3.19. The fraction of sp³-hybridized carbons (Fsp3) is 0.278. The SMILES string of the molecule is COc1cc2c(cc1OC)CN(C(=O)c1ccc(I)cc1)CC2. The summed E-state index contributed by atoms with van der Waals surface area (Å²) in [5.74, 6) is 1.51. The van der Waals surface area contributed by atoms with E-state index in [-0.39, 0.29) is 5.91 Å². The van der Waals surface area contributed by atoms with Crippen LogP contribution in [0.15, 0.2) is 36.4 Å². The van der Waals surface area contributed by atoms with Gasteiger partial charge in [-0.1, -0.05) is 0 Å². The summed E-state index contributed by atoms with van der Waals surface area (Å²) in [6.07, 6.45) is 0.825. The number of halogens is 1. The van der Waals surface area contributed by atoms with Gasteiger partial charge in [0, 0.05) is 22.2 Å². The summed E-state index contributed by atoms with van der Waals surface area (Å²) >= 11 is 2.24. The molecule has 0 aliphatic carbocycles. The highest BCUT2D eigenvalue weighted by atomic mass is 127. The smallest absolute Gasteiger partial charge is 0.254 e. The van der Waals surface area contributed by atoms with E-state index < -0.39 is 0 Å². The second-order valence-electron chi connectivity index (χ2n) is 5.46. The molecule has 0 unspecified atom stereocenters. The minimum atomic E-state index is 0.0711. The highest BCUT2D eigenvalue weighted by Crippen LogP contribution is 2.33. The van der Waals surface area contributed by atoms with Gasteiger partial charge in [0.05, 0.1) is 14.2 Å². The Morgan fingerprint density at radius 3 is 2.26 bits per heavy atom. The molecule has 120 valence electrons. The van der Waals surface area contributed by atoms with Crippen molar-refractivity contribution in [2.24, 2.45) is 0 Å². The molecule has 4 nitrogen and oxygen atoms in total. The molecule has 0 saturated heterocycles. The van der Waals surface area contributed by atoms with Crippen molar-refractivity contribution in [2.45, 2.75) is 13.0 Å². The third-order valence-corrected chi connectivity index (χ3v) is 4.82. The molecule has 0 bridgehead atoms. The second-order valence-corrected chi connectivity index (χ2v) is 6.71. The summed E-state index contributed by atoms with van der Waals surface area (Å²) in [6, 6.07) is 11.7. The molecule has 0 saturated carbocycles. The Labute approximate surface area is 149 Å². The molecule has 0 atom stereocenters. The van der Waals surface area contributed by atoms with Crippen molar-refractivity contribution in [3.05, 3.63) is 56.7 Å². The Kier molecular flexibility index (Phi) is 4.75. The first kappa shape index (κ1) is 16.1. The van der Waals surface area contributed by atoms with E-state index in [4.69, 9.17) is 9.47 Å². The number of benzene rings is 2. The third kappa shape index (κ3) is 3.29. The molecule has 1 heterocycles. The van der Waals surface area contributed by atoms with E-state index in [1.807, 2.05) is 41.3 Å². The summed E-state index contributed by atoms with van der Waals surface area (Å²) in [6.45, 7) is 1.31. The molecule has 5 heteroatoms. The molecule has 2 aromatic carbocycles. The monoisotopic (exact) mass is 423 g/mol. The van der Waals surface area contributed by atoms with Gasteiger partial charge in [0.25, 0.3) is 5.91 Å². The summed E-state index contributed by atoms with van der Waals surface area (Å²) in [5.41, 5.74) is 3.07. The molecule has 0 radical (unpaired) electrons. The normalized spacial score (nSPS) is 13.4.